The minimum absolute atomic E-state index is 0.0292. The molecule has 1 spiro atoms. The number of ketones is 1. The molecule has 6 rings (SSSR count). The molecule has 0 unspecified atom stereocenters. The molecule has 6 N–H and O–H groups in total. The molecule has 18 heteroatoms. The summed E-state index contributed by atoms with van der Waals surface area (Å²) in [5.41, 5.74) is -0.224. The Hall–Kier alpha value is -5.40. The van der Waals surface area contributed by atoms with Crippen LogP contribution in [-0.2, 0) is 28.6 Å². The Kier molecular flexibility index (Phi) is 16.9. The molecular formula is C52H74N6O12. The molecular weight excluding hydrogens is 901 g/mol. The molecule has 2 amide bonds. The van der Waals surface area contributed by atoms with Gasteiger partial charge in [-0.2, -0.15) is 0 Å². The van der Waals surface area contributed by atoms with Gasteiger partial charge in [-0.1, -0.05) is 59.8 Å². The highest BCUT2D eigenvalue weighted by molar-refractivity contribution is 6.21. The van der Waals surface area contributed by atoms with Gasteiger partial charge in [0.25, 0.3) is 11.7 Å². The Labute approximate surface area is 410 Å². The molecule has 0 aromatic heterocycles. The van der Waals surface area contributed by atoms with Gasteiger partial charge in [-0.05, 0) is 39.9 Å². The molecule has 70 heavy (non-hydrogen) atoms. The van der Waals surface area contributed by atoms with Gasteiger partial charge >= 0.3 is 11.8 Å². The first-order valence-corrected chi connectivity index (χ1v) is 24.4. The normalized spacial score (nSPS) is 30.0. The molecule has 4 heterocycles. The summed E-state index contributed by atoms with van der Waals surface area (Å²) in [4.78, 5) is 68.8. The van der Waals surface area contributed by atoms with E-state index in [9.17, 15) is 39.6 Å². The van der Waals surface area contributed by atoms with Crippen molar-refractivity contribution in [2.24, 2.45) is 39.6 Å². The van der Waals surface area contributed by atoms with Crippen LogP contribution in [-0.4, -0.2) is 144 Å². The summed E-state index contributed by atoms with van der Waals surface area (Å²) in [6.45, 7) is 19.1. The van der Waals surface area contributed by atoms with Crippen molar-refractivity contribution >= 4 is 40.0 Å². The summed E-state index contributed by atoms with van der Waals surface area (Å²) in [5, 5.41) is 53.9. The Morgan fingerprint density at radius 3 is 2.30 bits per heavy atom. The zero-order valence-electron chi connectivity index (χ0n) is 42.8. The van der Waals surface area contributed by atoms with Crippen molar-refractivity contribution in [3.8, 4) is 17.2 Å². The van der Waals surface area contributed by atoms with Crippen molar-refractivity contribution in [3.63, 3.8) is 0 Å². The number of nitrogens with zero attached hydrogens (tertiary/aromatic N) is 4. The van der Waals surface area contributed by atoms with Crippen molar-refractivity contribution in [1.29, 1.82) is 0 Å². The van der Waals surface area contributed by atoms with Crippen LogP contribution in [0.3, 0.4) is 0 Å². The van der Waals surface area contributed by atoms with E-state index in [4.69, 9.17) is 23.9 Å². The highest BCUT2D eigenvalue weighted by Crippen LogP contribution is 2.51. The second-order valence-corrected chi connectivity index (χ2v) is 20.5. The van der Waals surface area contributed by atoms with Crippen LogP contribution >= 0.6 is 0 Å². The Balaban J connectivity index is 1.45. The number of carbonyl (C=O) groups is 4. The van der Waals surface area contributed by atoms with E-state index in [1.165, 1.54) is 32.4 Å². The predicted molar refractivity (Wildman–Crippen MR) is 263 cm³/mol. The largest absolute Gasteiger partial charge is 0.507 e. The summed E-state index contributed by atoms with van der Waals surface area (Å²) >= 11 is 0. The third kappa shape index (κ3) is 11.2. The molecule has 2 aromatic carbocycles. The molecule has 4 aliphatic heterocycles. The number of aliphatic hydroxyl groups excluding tert-OH is 2. The number of phenolic OH excluding ortho intramolecular Hbond substituents is 2. The summed E-state index contributed by atoms with van der Waals surface area (Å²) in [6.07, 6.45) is 4.20. The Bertz CT molecular complexity index is 2550. The first-order valence-electron chi connectivity index (χ1n) is 24.4. The fourth-order valence-corrected chi connectivity index (χ4v) is 9.98. The third-order valence-corrected chi connectivity index (χ3v) is 14.3. The number of likely N-dealkylation sites (N-methyl/N-ethyl adjacent to an activating group) is 1. The number of carbonyl (C=O) groups excluding carboxylic acids is 4. The Morgan fingerprint density at radius 1 is 0.971 bits per heavy atom. The van der Waals surface area contributed by atoms with Crippen molar-refractivity contribution in [2.45, 2.75) is 124 Å². The molecule has 4 bridgehead atoms. The van der Waals surface area contributed by atoms with Gasteiger partial charge in [-0.15, -0.1) is 0 Å². The van der Waals surface area contributed by atoms with Crippen molar-refractivity contribution < 1.29 is 58.6 Å². The van der Waals surface area contributed by atoms with E-state index in [1.54, 1.807) is 53.7 Å². The number of piperidine rings is 1. The monoisotopic (exact) mass is 975 g/mol. The molecule has 384 valence electrons. The molecule has 1 saturated heterocycles. The predicted octanol–water partition coefficient (Wildman–Crippen LogP) is 4.19. The van der Waals surface area contributed by atoms with E-state index in [0.717, 1.165) is 6.54 Å². The molecule has 4 aliphatic rings. The highest BCUT2D eigenvalue weighted by Gasteiger charge is 2.51. The Morgan fingerprint density at radius 2 is 1.66 bits per heavy atom. The van der Waals surface area contributed by atoms with Crippen LogP contribution in [0.15, 0.2) is 46.1 Å². The molecule has 1 fully saturated rings. The van der Waals surface area contributed by atoms with Gasteiger partial charge in [0.1, 0.15) is 34.0 Å². The number of aliphatic hydroxyl groups is 2. The van der Waals surface area contributed by atoms with Gasteiger partial charge in [0, 0.05) is 106 Å². The van der Waals surface area contributed by atoms with Crippen molar-refractivity contribution in [1.82, 2.24) is 15.1 Å². The highest BCUT2D eigenvalue weighted by atomic mass is 16.7. The van der Waals surface area contributed by atoms with Gasteiger partial charge in [-0.3, -0.25) is 24.2 Å². The maximum Gasteiger partial charge on any atom is 0.312 e. The van der Waals surface area contributed by atoms with E-state index in [1.807, 2.05) is 19.0 Å². The number of hydrogen-bond donors (Lipinski definition) is 6. The summed E-state index contributed by atoms with van der Waals surface area (Å²) in [7, 11) is 5.21. The lowest BCUT2D eigenvalue weighted by Crippen LogP contribution is -2.47. The lowest BCUT2D eigenvalue weighted by Gasteiger charge is -2.38. The molecule has 9 atom stereocenters. The number of ether oxygens (including phenoxy) is 4. The molecule has 0 radical (unpaired) electrons. The number of amides is 2. The fraction of sp³-hybridized carbons (Fsp3) is 0.615. The van der Waals surface area contributed by atoms with E-state index in [0.29, 0.717) is 50.6 Å². The number of phenols is 2. The lowest BCUT2D eigenvalue weighted by atomic mass is 9.78. The smallest absolute Gasteiger partial charge is 0.312 e. The standard InChI is InChI=1S/C52H74N6O12/c1-27(2)26-58-22-19-52(20-23-58)55-40-37-38-45(63)33(8)48-39(37)49(65)51(9,70-48)68-25-18-34(67-12)30(5)47(69-36(60)17-16-35(59)53-21-24-57(10)11)32(7)44(62)31(6)43(61)28(3)14-13-15-29(4)50(66)54-42(46(38)64)41(40)56-52/h13-15,18,25,27-28,30-32,34,43-44,47,55,61-64H,16-17,19-24,26H2,1-12H3,(H,53,59)/b14-13+,25-18+,29-15-,54-42?/t28-,30+,31+,32+,34-,43-,44+,47+,51-/m0/s1. The molecule has 0 aliphatic carbocycles. The number of aromatic hydroxyl groups is 2. The number of methoxy groups -OCH3 is 1. The second kappa shape index (κ2) is 21.9. The number of nitrogens with one attached hydrogen (secondary N) is 2. The van der Waals surface area contributed by atoms with Crippen molar-refractivity contribution in [2.75, 3.05) is 59.2 Å². The summed E-state index contributed by atoms with van der Waals surface area (Å²) in [6, 6.07) is 0. The number of benzene rings is 2. The first kappa shape index (κ1) is 53.9. The van der Waals surface area contributed by atoms with Gasteiger partial charge in [0.2, 0.25) is 5.91 Å². The average molecular weight is 975 g/mol. The van der Waals surface area contributed by atoms with Gasteiger partial charge in [0.05, 0.1) is 47.6 Å². The number of allylic oxidation sites excluding steroid dienone is 2. The fourth-order valence-electron chi connectivity index (χ4n) is 9.98. The SMILES string of the molecule is CO[C@H]1/C=C/O[C@@]2(C)Oc3c(C)c(O)c4c(O)c(c5c(c4c3C2=O)NC2(CCN(CC(C)C)CC2)N=5)=NC(=O)/C(C)=C\C=C\[C@H](C)[C@H](O)[C@@H](C)[C@@H](O)[C@@H](C)[C@H](OC(=O)CCC(=O)NCCN(C)C)[C@@H]1C. The number of hydrogen-bond acceptors (Lipinski definition) is 16. The van der Waals surface area contributed by atoms with Crippen LogP contribution in [0, 0.1) is 36.5 Å². The quantitative estimate of drug-likeness (QED) is 0.145. The molecule has 0 saturated carbocycles. The van der Waals surface area contributed by atoms with Crippen LogP contribution in [0.2, 0.25) is 0 Å². The molecule has 2 aromatic rings. The number of likely N-dealkylation sites (tertiary alicyclic amines) is 1. The number of rotatable bonds is 10. The number of esters is 1. The number of anilines is 1. The maximum absolute atomic E-state index is 14.9. The first-order chi connectivity index (χ1) is 32.9. The van der Waals surface area contributed by atoms with E-state index < -0.39 is 88.7 Å². The van der Waals surface area contributed by atoms with E-state index in [2.05, 4.69) is 34.4 Å². The topological polar surface area (TPSA) is 241 Å². The lowest BCUT2D eigenvalue weighted by molar-refractivity contribution is -0.164. The van der Waals surface area contributed by atoms with Crippen molar-refractivity contribution in [3.05, 3.63) is 58.0 Å². The van der Waals surface area contributed by atoms with Crippen LogP contribution < -0.4 is 26.1 Å². The van der Waals surface area contributed by atoms with Gasteiger partial charge in [-0.25, -0.2) is 4.99 Å². The number of fused-ring (bicyclic) bond motifs is 1. The number of Topliss-reactive ketones (excluding diaryl/α,β-unsaturated/α-hetero) is 1. The van der Waals surface area contributed by atoms with Gasteiger partial charge in [0.15, 0.2) is 5.75 Å². The van der Waals surface area contributed by atoms with Crippen LogP contribution in [0.5, 0.6) is 17.2 Å². The van der Waals surface area contributed by atoms with E-state index in [-0.39, 0.29) is 62.7 Å². The minimum Gasteiger partial charge on any atom is -0.507 e. The maximum atomic E-state index is 14.9. The zero-order chi connectivity index (χ0) is 51.6. The molecule has 18 nitrogen and oxygen atoms in total. The van der Waals surface area contributed by atoms with Crippen LogP contribution in [0.4, 0.5) is 5.69 Å². The minimum atomic E-state index is -2.00. The van der Waals surface area contributed by atoms with Crippen LogP contribution in [0.1, 0.15) is 97.0 Å². The second-order valence-electron chi connectivity index (χ2n) is 20.5. The zero-order valence-corrected chi connectivity index (χ0v) is 42.8. The average Bonchev–Trinajstić information content (AvgIpc) is 3.81. The van der Waals surface area contributed by atoms with Crippen LogP contribution in [0.25, 0.3) is 10.8 Å². The van der Waals surface area contributed by atoms with Gasteiger partial charge < -0.3 is 59.8 Å². The third-order valence-electron chi connectivity index (χ3n) is 14.3. The summed E-state index contributed by atoms with van der Waals surface area (Å²) < 4.78 is 24.5. The summed E-state index contributed by atoms with van der Waals surface area (Å²) in [5.74, 6) is -7.54. The van der Waals surface area contributed by atoms with E-state index >= 15 is 0 Å².